The van der Waals surface area contributed by atoms with Gasteiger partial charge in [0.25, 0.3) is 5.91 Å². The molecule has 3 N–H and O–H groups in total. The minimum absolute atomic E-state index is 0.121. The number of carbonyl (C=O) groups is 1. The molecule has 0 saturated carbocycles. The van der Waals surface area contributed by atoms with E-state index in [4.69, 9.17) is 0 Å². The van der Waals surface area contributed by atoms with Crippen LogP contribution in [-0.2, 0) is 0 Å². The van der Waals surface area contributed by atoms with Gasteiger partial charge in [0, 0.05) is 16.8 Å². The van der Waals surface area contributed by atoms with Crippen molar-refractivity contribution in [2.24, 2.45) is 0 Å². The van der Waals surface area contributed by atoms with Gasteiger partial charge >= 0.3 is 0 Å². The molecule has 7 nitrogen and oxygen atoms in total. The fraction of sp³-hybridized carbons (Fsp3) is 0.286. The van der Waals surface area contributed by atoms with Crippen LogP contribution < -0.4 is 5.32 Å². The van der Waals surface area contributed by atoms with Crippen LogP contribution in [0.1, 0.15) is 40.3 Å². The zero-order valence-electron chi connectivity index (χ0n) is 12.1. The molecule has 0 radical (unpaired) electrons. The van der Waals surface area contributed by atoms with Crippen LogP contribution in [0, 0.1) is 13.8 Å². The third-order valence-corrected chi connectivity index (χ3v) is 3.54. The van der Waals surface area contributed by atoms with E-state index < -0.39 is 0 Å². The largest absolute Gasteiger partial charge is 0.345 e. The Labute approximate surface area is 121 Å². The van der Waals surface area contributed by atoms with E-state index >= 15 is 0 Å². The van der Waals surface area contributed by atoms with Crippen molar-refractivity contribution in [3.05, 3.63) is 40.7 Å². The summed E-state index contributed by atoms with van der Waals surface area (Å²) in [4.78, 5) is 12.3. The third-order valence-electron chi connectivity index (χ3n) is 3.54. The van der Waals surface area contributed by atoms with Gasteiger partial charge < -0.3 is 5.32 Å². The number of rotatable bonds is 3. The minimum Gasteiger partial charge on any atom is -0.345 e. The maximum absolute atomic E-state index is 12.3. The van der Waals surface area contributed by atoms with Gasteiger partial charge in [-0.25, -0.2) is 0 Å². The summed E-state index contributed by atoms with van der Waals surface area (Å²) in [5.41, 5.74) is 4.85. The molecule has 0 fully saturated rings. The summed E-state index contributed by atoms with van der Waals surface area (Å²) in [5.74, 6) is -0.146. The quantitative estimate of drug-likeness (QED) is 0.682. The first-order chi connectivity index (χ1) is 10.1. The highest BCUT2D eigenvalue weighted by molar-refractivity contribution is 5.97. The zero-order valence-corrected chi connectivity index (χ0v) is 12.1. The van der Waals surface area contributed by atoms with Crippen LogP contribution in [-0.4, -0.2) is 31.5 Å². The van der Waals surface area contributed by atoms with Crippen LogP contribution in [0.4, 0.5) is 0 Å². The second-order valence-corrected chi connectivity index (χ2v) is 5.07. The van der Waals surface area contributed by atoms with Gasteiger partial charge in [0.15, 0.2) is 0 Å². The maximum Gasteiger partial charge on any atom is 0.251 e. The van der Waals surface area contributed by atoms with Gasteiger partial charge in [-0.05, 0) is 39.0 Å². The fourth-order valence-corrected chi connectivity index (χ4v) is 2.53. The smallest absolute Gasteiger partial charge is 0.251 e. The third kappa shape index (κ3) is 2.37. The first kappa shape index (κ1) is 13.3. The van der Waals surface area contributed by atoms with Crippen LogP contribution in [0.5, 0.6) is 0 Å². The molecule has 2 aromatic heterocycles. The van der Waals surface area contributed by atoms with Gasteiger partial charge in [-0.3, -0.25) is 9.89 Å². The molecule has 0 aliphatic heterocycles. The van der Waals surface area contributed by atoms with E-state index in [0.717, 1.165) is 22.5 Å². The summed E-state index contributed by atoms with van der Waals surface area (Å²) in [6, 6.07) is 5.11. The number of aromatic amines is 2. The van der Waals surface area contributed by atoms with Crippen molar-refractivity contribution >= 4 is 16.9 Å². The van der Waals surface area contributed by atoms with Crippen LogP contribution in [0.25, 0.3) is 11.0 Å². The normalized spacial score (nSPS) is 12.5. The highest BCUT2D eigenvalue weighted by atomic mass is 16.1. The molecule has 1 amide bonds. The molecule has 0 saturated heterocycles. The Bertz CT molecular complexity index is 783. The van der Waals surface area contributed by atoms with Crippen molar-refractivity contribution in [2.45, 2.75) is 26.8 Å². The molecule has 21 heavy (non-hydrogen) atoms. The first-order valence-corrected chi connectivity index (χ1v) is 6.69. The second-order valence-electron chi connectivity index (χ2n) is 5.07. The number of fused-ring (bicyclic) bond motifs is 1. The van der Waals surface area contributed by atoms with Crippen LogP contribution >= 0.6 is 0 Å². The molecule has 2 heterocycles. The summed E-state index contributed by atoms with van der Waals surface area (Å²) in [5, 5.41) is 20.5. The first-order valence-electron chi connectivity index (χ1n) is 6.69. The number of amides is 1. The van der Waals surface area contributed by atoms with E-state index in [1.807, 2.05) is 20.8 Å². The summed E-state index contributed by atoms with van der Waals surface area (Å²) in [6.45, 7) is 5.81. The lowest BCUT2D eigenvalue weighted by Gasteiger charge is -2.14. The van der Waals surface area contributed by atoms with Crippen molar-refractivity contribution in [3.8, 4) is 0 Å². The summed E-state index contributed by atoms with van der Waals surface area (Å²) in [7, 11) is 0. The van der Waals surface area contributed by atoms with E-state index in [-0.39, 0.29) is 11.9 Å². The number of carbonyl (C=O) groups excluding carboxylic acids is 1. The van der Waals surface area contributed by atoms with Crippen LogP contribution in [0.2, 0.25) is 0 Å². The molecule has 3 aromatic rings. The molecule has 3 rings (SSSR count). The molecule has 1 unspecified atom stereocenters. The van der Waals surface area contributed by atoms with Crippen LogP contribution in [0.15, 0.2) is 18.2 Å². The lowest BCUT2D eigenvalue weighted by atomic mass is 10.1. The lowest BCUT2D eigenvalue weighted by molar-refractivity contribution is 0.0940. The fourth-order valence-electron chi connectivity index (χ4n) is 2.53. The number of aryl methyl sites for hydroxylation is 2. The highest BCUT2D eigenvalue weighted by Gasteiger charge is 2.17. The molecule has 1 atom stereocenters. The Morgan fingerprint density at radius 2 is 1.95 bits per heavy atom. The number of nitrogens with one attached hydrogen (secondary N) is 3. The van der Waals surface area contributed by atoms with Crippen molar-refractivity contribution in [3.63, 3.8) is 0 Å². The van der Waals surface area contributed by atoms with E-state index in [9.17, 15) is 4.79 Å². The van der Waals surface area contributed by atoms with Gasteiger partial charge in [0.2, 0.25) is 0 Å². The van der Waals surface area contributed by atoms with Gasteiger partial charge in [-0.1, -0.05) is 0 Å². The molecular weight excluding hydrogens is 268 g/mol. The average molecular weight is 284 g/mol. The Hall–Kier alpha value is -2.70. The van der Waals surface area contributed by atoms with E-state index in [0.29, 0.717) is 11.1 Å². The minimum atomic E-state index is -0.146. The number of hydrogen-bond donors (Lipinski definition) is 3. The molecule has 0 aliphatic rings. The Balaban J connectivity index is 1.82. The predicted octanol–water partition coefficient (Wildman–Crippen LogP) is 1.79. The molecule has 7 heteroatoms. The Kier molecular flexibility index (Phi) is 3.17. The molecule has 108 valence electrons. The predicted molar refractivity (Wildman–Crippen MR) is 77.8 cm³/mol. The number of benzene rings is 1. The summed E-state index contributed by atoms with van der Waals surface area (Å²) in [6.07, 6.45) is 0. The molecule has 0 bridgehead atoms. The van der Waals surface area contributed by atoms with Crippen molar-refractivity contribution in [2.75, 3.05) is 0 Å². The van der Waals surface area contributed by atoms with E-state index in [1.54, 1.807) is 18.2 Å². The molecule has 0 spiro atoms. The highest BCUT2D eigenvalue weighted by Crippen LogP contribution is 2.20. The Morgan fingerprint density at radius 1 is 1.19 bits per heavy atom. The molecule has 1 aromatic carbocycles. The topological polar surface area (TPSA) is 99.4 Å². The number of nitrogens with zero attached hydrogens (tertiary/aromatic N) is 3. The van der Waals surface area contributed by atoms with Gasteiger partial charge in [0.1, 0.15) is 11.0 Å². The summed E-state index contributed by atoms with van der Waals surface area (Å²) < 4.78 is 0. The number of aromatic nitrogens is 5. The molecular formula is C14H16N6O. The standard InChI is InChI=1S/C14H16N6O/c1-7(13-8(2)16-17-9(13)3)15-14(21)10-4-5-11-12(6-10)19-20-18-11/h4-7H,1-3H3,(H,15,21)(H,16,17)(H,18,19,20). The van der Waals surface area contributed by atoms with Crippen molar-refractivity contribution < 1.29 is 4.79 Å². The van der Waals surface area contributed by atoms with Crippen LogP contribution in [0.3, 0.4) is 0 Å². The zero-order chi connectivity index (χ0) is 15.0. The van der Waals surface area contributed by atoms with Gasteiger partial charge in [-0.15, -0.1) is 0 Å². The maximum atomic E-state index is 12.3. The molecule has 0 aliphatic carbocycles. The average Bonchev–Trinajstić information content (AvgIpc) is 3.04. The monoisotopic (exact) mass is 284 g/mol. The second kappa shape index (κ2) is 5.01. The van der Waals surface area contributed by atoms with Crippen molar-refractivity contribution in [1.82, 2.24) is 30.9 Å². The Morgan fingerprint density at radius 3 is 2.67 bits per heavy atom. The van der Waals surface area contributed by atoms with E-state index in [2.05, 4.69) is 30.9 Å². The lowest BCUT2D eigenvalue weighted by Crippen LogP contribution is -2.27. The SMILES string of the molecule is Cc1n[nH]c(C)c1C(C)NC(=O)c1ccc2n[nH]nc2c1. The number of hydrogen-bond acceptors (Lipinski definition) is 4. The van der Waals surface area contributed by atoms with Gasteiger partial charge in [0.05, 0.1) is 11.7 Å². The van der Waals surface area contributed by atoms with Crippen molar-refractivity contribution in [1.29, 1.82) is 0 Å². The van der Waals surface area contributed by atoms with Gasteiger partial charge in [-0.2, -0.15) is 20.5 Å². The number of H-pyrrole nitrogens is 2. The summed E-state index contributed by atoms with van der Waals surface area (Å²) >= 11 is 0. The van der Waals surface area contributed by atoms with E-state index in [1.165, 1.54) is 0 Å².